The van der Waals surface area contributed by atoms with E-state index in [0.29, 0.717) is 5.56 Å². The fourth-order valence-electron chi connectivity index (χ4n) is 1.90. The van der Waals surface area contributed by atoms with Gasteiger partial charge in [0.1, 0.15) is 0 Å². The van der Waals surface area contributed by atoms with Crippen LogP contribution in [0.3, 0.4) is 0 Å². The van der Waals surface area contributed by atoms with Gasteiger partial charge < -0.3 is 9.84 Å². The van der Waals surface area contributed by atoms with Crippen molar-refractivity contribution in [1.82, 2.24) is 5.43 Å². The highest BCUT2D eigenvalue weighted by molar-refractivity contribution is 5.95. The molecule has 0 aliphatic rings. The normalized spacial score (nSPS) is 10.5. The van der Waals surface area contributed by atoms with E-state index in [1.54, 1.807) is 37.3 Å². The van der Waals surface area contributed by atoms with Crippen LogP contribution in [0.1, 0.15) is 22.8 Å². The maximum absolute atomic E-state index is 11.8. The number of nitrogens with one attached hydrogen (secondary N) is 1. The Balaban J connectivity index is 2.21. The first-order valence-electron chi connectivity index (χ1n) is 7.05. The molecule has 2 N–H and O–H groups in total. The molecule has 0 spiro atoms. The Morgan fingerprint density at radius 1 is 1.38 bits per heavy atom. The Morgan fingerprint density at radius 3 is 2.71 bits per heavy atom. The zero-order valence-corrected chi connectivity index (χ0v) is 12.8. The lowest BCUT2D eigenvalue weighted by Gasteiger charge is -2.07. The number of aromatic hydroxyl groups is 1. The number of amides is 1. The van der Waals surface area contributed by atoms with E-state index in [1.807, 2.05) is 0 Å². The molecule has 0 radical (unpaired) electrons. The summed E-state index contributed by atoms with van der Waals surface area (Å²) in [5.41, 5.74) is 2.49. The molecule has 2 rings (SSSR count). The number of phenols is 1. The van der Waals surface area contributed by atoms with Gasteiger partial charge in [0.15, 0.2) is 11.5 Å². The van der Waals surface area contributed by atoms with E-state index in [-0.39, 0.29) is 29.4 Å². The summed E-state index contributed by atoms with van der Waals surface area (Å²) in [5.74, 6) is -0.760. The monoisotopic (exact) mass is 329 g/mol. The molecule has 0 atom stereocenters. The second-order valence-corrected chi connectivity index (χ2v) is 4.64. The number of phenolic OH excluding ortho intramolecular Hbond substituents is 1. The van der Waals surface area contributed by atoms with Gasteiger partial charge in [-0.05, 0) is 19.1 Å². The summed E-state index contributed by atoms with van der Waals surface area (Å²) in [6, 6.07) is 10.7. The maximum atomic E-state index is 11.8. The number of nitro groups is 1. The van der Waals surface area contributed by atoms with Gasteiger partial charge >= 0.3 is 0 Å². The van der Waals surface area contributed by atoms with E-state index >= 15 is 0 Å². The average molecular weight is 329 g/mol. The van der Waals surface area contributed by atoms with Crippen LogP contribution in [0, 0.1) is 10.1 Å². The summed E-state index contributed by atoms with van der Waals surface area (Å²) in [5, 5.41) is 24.7. The second-order valence-electron chi connectivity index (χ2n) is 4.64. The number of hydrogen-bond donors (Lipinski definition) is 2. The topological polar surface area (TPSA) is 114 Å². The first-order chi connectivity index (χ1) is 11.5. The number of nitro benzene ring substituents is 1. The van der Waals surface area contributed by atoms with Crippen molar-refractivity contribution in [2.24, 2.45) is 5.10 Å². The number of hydrogen-bond acceptors (Lipinski definition) is 6. The zero-order valence-electron chi connectivity index (χ0n) is 12.8. The van der Waals surface area contributed by atoms with Crippen LogP contribution in [0.25, 0.3) is 0 Å². The minimum atomic E-state index is -0.609. The van der Waals surface area contributed by atoms with Crippen molar-refractivity contribution in [2.45, 2.75) is 6.92 Å². The van der Waals surface area contributed by atoms with Crippen LogP contribution in [-0.2, 0) is 0 Å². The van der Waals surface area contributed by atoms with Crippen molar-refractivity contribution in [3.05, 3.63) is 63.7 Å². The fraction of sp³-hybridized carbons (Fsp3) is 0.125. The fourth-order valence-corrected chi connectivity index (χ4v) is 1.90. The first-order valence-corrected chi connectivity index (χ1v) is 7.05. The highest BCUT2D eigenvalue weighted by Gasteiger charge is 2.16. The molecule has 0 heterocycles. The lowest BCUT2D eigenvalue weighted by Crippen LogP contribution is -2.17. The summed E-state index contributed by atoms with van der Waals surface area (Å²) in [6.45, 7) is 1.92. The van der Waals surface area contributed by atoms with Gasteiger partial charge in [0.05, 0.1) is 23.8 Å². The molecule has 0 saturated carbocycles. The van der Waals surface area contributed by atoms with E-state index < -0.39 is 10.8 Å². The number of ether oxygens (including phenoxy) is 1. The van der Waals surface area contributed by atoms with Crippen molar-refractivity contribution in [3.8, 4) is 11.5 Å². The third-order valence-electron chi connectivity index (χ3n) is 3.01. The molecule has 8 heteroatoms. The number of rotatable bonds is 6. The zero-order chi connectivity index (χ0) is 17.5. The highest BCUT2D eigenvalue weighted by Crippen LogP contribution is 2.33. The number of benzene rings is 2. The van der Waals surface area contributed by atoms with Gasteiger partial charge in [0, 0.05) is 17.2 Å². The van der Waals surface area contributed by atoms with Crippen molar-refractivity contribution in [2.75, 3.05) is 6.61 Å². The third-order valence-corrected chi connectivity index (χ3v) is 3.01. The Morgan fingerprint density at radius 2 is 2.08 bits per heavy atom. The minimum absolute atomic E-state index is 0.0254. The van der Waals surface area contributed by atoms with Gasteiger partial charge in [-0.1, -0.05) is 18.2 Å². The molecule has 8 nitrogen and oxygen atoms in total. The molecule has 0 aliphatic heterocycles. The molecule has 0 fully saturated rings. The summed E-state index contributed by atoms with van der Waals surface area (Å²) >= 11 is 0. The molecular weight excluding hydrogens is 314 g/mol. The van der Waals surface area contributed by atoms with Crippen LogP contribution >= 0.6 is 0 Å². The molecule has 0 saturated heterocycles. The minimum Gasteiger partial charge on any atom is -0.504 e. The van der Waals surface area contributed by atoms with Crippen LogP contribution in [0.4, 0.5) is 5.69 Å². The smallest absolute Gasteiger partial charge is 0.274 e. The van der Waals surface area contributed by atoms with Crippen LogP contribution in [0.5, 0.6) is 11.5 Å². The Kier molecular flexibility index (Phi) is 5.45. The van der Waals surface area contributed by atoms with Gasteiger partial charge in [-0.25, -0.2) is 5.43 Å². The van der Waals surface area contributed by atoms with Gasteiger partial charge in [0.2, 0.25) is 0 Å². The number of carbonyl (C=O) groups is 1. The van der Waals surface area contributed by atoms with Gasteiger partial charge in [-0.2, -0.15) is 5.10 Å². The van der Waals surface area contributed by atoms with Crippen molar-refractivity contribution >= 4 is 17.8 Å². The summed E-state index contributed by atoms with van der Waals surface area (Å²) < 4.78 is 5.16. The number of nitrogens with zero attached hydrogens (tertiary/aromatic N) is 2. The largest absolute Gasteiger partial charge is 0.504 e. The standard InChI is InChI=1S/C16H15N3O5/c1-2-24-14-9-13(19(22)23)8-12(15(14)20)10-17-18-16(21)11-6-4-3-5-7-11/h3-10,20H,2H2,1H3,(H,18,21)/b17-10-. The van der Waals surface area contributed by atoms with Gasteiger partial charge in [-0.3, -0.25) is 14.9 Å². The van der Waals surface area contributed by atoms with E-state index in [1.165, 1.54) is 0 Å². The molecular formula is C16H15N3O5. The molecule has 1 amide bonds. The quantitative estimate of drug-likeness (QED) is 0.480. The number of carbonyl (C=O) groups excluding carboxylic acids is 1. The van der Waals surface area contributed by atoms with Crippen LogP contribution in [0.15, 0.2) is 47.6 Å². The predicted molar refractivity (Wildman–Crippen MR) is 87.4 cm³/mol. The summed E-state index contributed by atoms with van der Waals surface area (Å²) in [4.78, 5) is 22.2. The Hall–Kier alpha value is -3.42. The van der Waals surface area contributed by atoms with Crippen molar-refractivity contribution < 1.29 is 19.6 Å². The molecule has 2 aromatic rings. The van der Waals surface area contributed by atoms with E-state index in [2.05, 4.69) is 10.5 Å². The highest BCUT2D eigenvalue weighted by atomic mass is 16.6. The first kappa shape index (κ1) is 16.9. The SMILES string of the molecule is CCOc1cc([N+](=O)[O-])cc(/C=N\NC(=O)c2ccccc2)c1O. The predicted octanol–water partition coefficient (Wildman–Crippen LogP) is 2.46. The molecule has 0 aromatic heterocycles. The average Bonchev–Trinajstić information content (AvgIpc) is 2.58. The maximum Gasteiger partial charge on any atom is 0.274 e. The lowest BCUT2D eigenvalue weighted by molar-refractivity contribution is -0.385. The van der Waals surface area contributed by atoms with Gasteiger partial charge in [0.25, 0.3) is 11.6 Å². The molecule has 0 aliphatic carbocycles. The van der Waals surface area contributed by atoms with Crippen LogP contribution < -0.4 is 10.2 Å². The Bertz CT molecular complexity index is 775. The van der Waals surface area contributed by atoms with E-state index in [0.717, 1.165) is 18.3 Å². The van der Waals surface area contributed by atoms with Crippen molar-refractivity contribution in [1.29, 1.82) is 0 Å². The number of hydrazone groups is 1. The molecule has 24 heavy (non-hydrogen) atoms. The second kappa shape index (κ2) is 7.73. The molecule has 0 unspecified atom stereocenters. The van der Waals surface area contributed by atoms with Gasteiger partial charge in [-0.15, -0.1) is 0 Å². The summed E-state index contributed by atoms with van der Waals surface area (Å²) in [6.07, 6.45) is 1.12. The molecule has 124 valence electrons. The van der Waals surface area contributed by atoms with E-state index in [4.69, 9.17) is 4.74 Å². The van der Waals surface area contributed by atoms with Crippen molar-refractivity contribution in [3.63, 3.8) is 0 Å². The Labute approximate surface area is 137 Å². The number of non-ortho nitro benzene ring substituents is 1. The van der Waals surface area contributed by atoms with Crippen LogP contribution in [0.2, 0.25) is 0 Å². The third kappa shape index (κ3) is 4.07. The summed E-state index contributed by atoms with van der Waals surface area (Å²) in [7, 11) is 0. The lowest BCUT2D eigenvalue weighted by atomic mass is 10.1. The van der Waals surface area contributed by atoms with E-state index in [9.17, 15) is 20.0 Å². The molecule has 2 aromatic carbocycles. The molecule has 0 bridgehead atoms. The van der Waals surface area contributed by atoms with Crippen LogP contribution in [-0.4, -0.2) is 28.8 Å².